The van der Waals surface area contributed by atoms with Crippen LogP contribution < -0.4 is 9.62 Å². The van der Waals surface area contributed by atoms with E-state index in [-0.39, 0.29) is 31.2 Å². The smallest absolute Gasteiger partial charge is 0.280 e. The zero-order valence-electron chi connectivity index (χ0n) is 15.5. The van der Waals surface area contributed by atoms with Crippen molar-refractivity contribution in [1.82, 2.24) is 18.8 Å². The first-order valence-electron chi connectivity index (χ1n) is 9.08. The third kappa shape index (κ3) is 3.93. The van der Waals surface area contributed by atoms with Gasteiger partial charge in [-0.15, -0.1) is 0 Å². The van der Waals surface area contributed by atoms with Gasteiger partial charge in [0.15, 0.2) is 0 Å². The van der Waals surface area contributed by atoms with Gasteiger partial charge in [-0.05, 0) is 33.6 Å². The Morgan fingerprint density at radius 2 is 2.00 bits per heavy atom. The number of nitrogens with zero attached hydrogens (tertiary/aromatic N) is 4. The number of anilines is 1. The number of ether oxygens (including phenoxy) is 1. The Morgan fingerprint density at radius 3 is 2.65 bits per heavy atom. The molecule has 26 heavy (non-hydrogen) atoms. The molecule has 2 aliphatic rings. The van der Waals surface area contributed by atoms with E-state index in [9.17, 15) is 13.2 Å². The van der Waals surface area contributed by atoms with Crippen LogP contribution in [0, 0.1) is 0 Å². The number of piperidine rings is 1. The summed E-state index contributed by atoms with van der Waals surface area (Å²) in [6.45, 7) is 7.42. The van der Waals surface area contributed by atoms with Crippen molar-refractivity contribution in [1.29, 1.82) is 0 Å². The molecule has 146 valence electrons. The van der Waals surface area contributed by atoms with Crippen molar-refractivity contribution in [2.75, 3.05) is 24.5 Å². The van der Waals surface area contributed by atoms with E-state index in [0.717, 1.165) is 6.42 Å². The van der Waals surface area contributed by atoms with Crippen LogP contribution in [-0.2, 0) is 26.3 Å². The summed E-state index contributed by atoms with van der Waals surface area (Å²) >= 11 is 0. The van der Waals surface area contributed by atoms with Gasteiger partial charge in [0.1, 0.15) is 11.9 Å². The lowest BCUT2D eigenvalue weighted by Crippen LogP contribution is -2.58. The maximum absolute atomic E-state index is 12.9. The van der Waals surface area contributed by atoms with Crippen LogP contribution in [0.3, 0.4) is 0 Å². The average molecular weight is 385 g/mol. The van der Waals surface area contributed by atoms with E-state index in [4.69, 9.17) is 4.74 Å². The molecule has 1 aromatic heterocycles. The number of hydrogen-bond donors (Lipinski definition) is 1. The molecule has 0 bridgehead atoms. The zero-order chi connectivity index (χ0) is 18.9. The molecule has 0 radical (unpaired) electrons. The first kappa shape index (κ1) is 19.3. The van der Waals surface area contributed by atoms with Crippen molar-refractivity contribution in [3.8, 4) is 0 Å². The summed E-state index contributed by atoms with van der Waals surface area (Å²) in [5.41, 5.74) is 0. The van der Waals surface area contributed by atoms with Gasteiger partial charge in [-0.25, -0.2) is 4.68 Å². The maximum Gasteiger partial charge on any atom is 0.280 e. The fourth-order valence-electron chi connectivity index (χ4n) is 3.59. The number of carbonyl (C=O) groups is 1. The quantitative estimate of drug-likeness (QED) is 0.788. The monoisotopic (exact) mass is 385 g/mol. The van der Waals surface area contributed by atoms with E-state index in [1.54, 1.807) is 21.8 Å². The highest BCUT2D eigenvalue weighted by atomic mass is 32.2. The minimum absolute atomic E-state index is 0.173. The number of carbonyl (C=O) groups excluding carboxylic acids is 1. The minimum Gasteiger partial charge on any atom is -0.373 e. The van der Waals surface area contributed by atoms with E-state index >= 15 is 0 Å². The largest absolute Gasteiger partial charge is 0.373 e. The molecule has 3 heterocycles. The van der Waals surface area contributed by atoms with Gasteiger partial charge in [0, 0.05) is 32.2 Å². The molecule has 2 saturated heterocycles. The summed E-state index contributed by atoms with van der Waals surface area (Å²) in [5, 5.41) is 4.20. The van der Waals surface area contributed by atoms with Crippen LogP contribution in [0.1, 0.15) is 33.6 Å². The van der Waals surface area contributed by atoms with Crippen LogP contribution in [0.15, 0.2) is 12.3 Å². The third-order valence-corrected chi connectivity index (χ3v) is 6.29. The standard InChI is InChI=1S/C16H27N5O4S/c1-4-21-15(7-8-17-21)20-9-5-6-14(16(20)22)18-26(23,24)19-10-12(2)25-13(3)11-19/h7-8,12-14,18H,4-6,9-11H2,1-3H3/t12-,13-,14+/m1/s1. The van der Waals surface area contributed by atoms with Crippen molar-refractivity contribution in [3.63, 3.8) is 0 Å². The van der Waals surface area contributed by atoms with Crippen LogP contribution >= 0.6 is 0 Å². The Labute approximate surface area is 154 Å². The third-order valence-electron chi connectivity index (χ3n) is 4.73. The summed E-state index contributed by atoms with van der Waals surface area (Å²) in [4.78, 5) is 14.5. The molecule has 10 heteroatoms. The van der Waals surface area contributed by atoms with Crippen molar-refractivity contribution < 1.29 is 17.9 Å². The number of amides is 1. The second kappa shape index (κ2) is 7.63. The predicted molar refractivity (Wildman–Crippen MR) is 96.9 cm³/mol. The molecular formula is C16H27N5O4S. The fourth-order valence-corrected chi connectivity index (χ4v) is 5.13. The normalized spacial score (nSPS) is 28.5. The van der Waals surface area contributed by atoms with E-state index in [1.807, 2.05) is 20.8 Å². The van der Waals surface area contributed by atoms with Gasteiger partial charge in [-0.3, -0.25) is 9.69 Å². The second-order valence-corrected chi connectivity index (χ2v) is 8.59. The molecule has 1 aromatic rings. The topological polar surface area (TPSA) is 96.8 Å². The van der Waals surface area contributed by atoms with Gasteiger partial charge in [-0.1, -0.05) is 0 Å². The SMILES string of the molecule is CCn1nccc1N1CCC[C@H](NS(=O)(=O)N2C[C@@H](C)O[C@H](C)C2)C1=O. The van der Waals surface area contributed by atoms with E-state index < -0.39 is 16.3 Å². The van der Waals surface area contributed by atoms with Crippen molar-refractivity contribution in [2.45, 2.75) is 58.4 Å². The molecule has 0 aliphatic carbocycles. The summed E-state index contributed by atoms with van der Waals surface area (Å²) in [6, 6.07) is 1.02. The highest BCUT2D eigenvalue weighted by molar-refractivity contribution is 7.87. The average Bonchev–Trinajstić information content (AvgIpc) is 3.04. The lowest BCUT2D eigenvalue weighted by atomic mass is 10.1. The van der Waals surface area contributed by atoms with Gasteiger partial charge >= 0.3 is 0 Å². The fraction of sp³-hybridized carbons (Fsp3) is 0.750. The van der Waals surface area contributed by atoms with Gasteiger partial charge in [0.2, 0.25) is 5.91 Å². The number of hydrogen-bond acceptors (Lipinski definition) is 5. The van der Waals surface area contributed by atoms with Gasteiger partial charge in [0.25, 0.3) is 10.2 Å². The molecule has 3 atom stereocenters. The molecule has 2 fully saturated rings. The second-order valence-electron chi connectivity index (χ2n) is 6.89. The van der Waals surface area contributed by atoms with Crippen LogP contribution in [0.2, 0.25) is 0 Å². The molecule has 1 N–H and O–H groups in total. The highest BCUT2D eigenvalue weighted by Gasteiger charge is 2.37. The molecule has 0 unspecified atom stereocenters. The molecule has 1 amide bonds. The first-order valence-corrected chi connectivity index (χ1v) is 10.5. The van der Waals surface area contributed by atoms with Crippen LogP contribution in [0.25, 0.3) is 0 Å². The molecule has 3 rings (SSSR count). The lowest BCUT2D eigenvalue weighted by molar-refractivity contribution is -0.121. The Morgan fingerprint density at radius 1 is 1.31 bits per heavy atom. The molecule has 0 saturated carbocycles. The Balaban J connectivity index is 1.73. The van der Waals surface area contributed by atoms with Gasteiger partial charge in [-0.2, -0.15) is 22.5 Å². The van der Waals surface area contributed by atoms with Crippen molar-refractivity contribution >= 4 is 21.9 Å². The van der Waals surface area contributed by atoms with Crippen LogP contribution in [0.4, 0.5) is 5.82 Å². The summed E-state index contributed by atoms with van der Waals surface area (Å²) in [7, 11) is -3.76. The zero-order valence-corrected chi connectivity index (χ0v) is 16.3. The Kier molecular flexibility index (Phi) is 5.66. The number of nitrogens with one attached hydrogen (secondary N) is 1. The number of morpholine rings is 1. The molecule has 9 nitrogen and oxygen atoms in total. The predicted octanol–water partition coefficient (Wildman–Crippen LogP) is 0.342. The van der Waals surface area contributed by atoms with Crippen LogP contribution in [-0.4, -0.2) is 66.3 Å². The Bertz CT molecular complexity index is 740. The first-order chi connectivity index (χ1) is 12.3. The van der Waals surface area contributed by atoms with E-state index in [0.29, 0.717) is 25.3 Å². The number of rotatable bonds is 5. The van der Waals surface area contributed by atoms with Gasteiger partial charge < -0.3 is 4.74 Å². The summed E-state index contributed by atoms with van der Waals surface area (Å²) in [6.07, 6.45) is 2.52. The van der Waals surface area contributed by atoms with E-state index in [2.05, 4.69) is 9.82 Å². The van der Waals surface area contributed by atoms with Crippen molar-refractivity contribution in [3.05, 3.63) is 12.3 Å². The van der Waals surface area contributed by atoms with Crippen LogP contribution in [0.5, 0.6) is 0 Å². The Hall–Kier alpha value is -1.49. The maximum atomic E-state index is 12.9. The number of aromatic nitrogens is 2. The van der Waals surface area contributed by atoms with E-state index in [1.165, 1.54) is 4.31 Å². The molecule has 0 spiro atoms. The van der Waals surface area contributed by atoms with Gasteiger partial charge in [0.05, 0.1) is 18.4 Å². The highest BCUT2D eigenvalue weighted by Crippen LogP contribution is 2.22. The molecule has 2 aliphatic heterocycles. The summed E-state index contributed by atoms with van der Waals surface area (Å²) < 4.78 is 36.9. The minimum atomic E-state index is -3.76. The number of aryl methyl sites for hydroxylation is 1. The van der Waals surface area contributed by atoms with Crippen molar-refractivity contribution in [2.24, 2.45) is 0 Å². The lowest BCUT2D eigenvalue weighted by Gasteiger charge is -2.37. The summed E-state index contributed by atoms with van der Waals surface area (Å²) in [5.74, 6) is 0.472. The molecular weight excluding hydrogens is 358 g/mol. The molecule has 0 aromatic carbocycles.